The summed E-state index contributed by atoms with van der Waals surface area (Å²) < 4.78 is 0. The summed E-state index contributed by atoms with van der Waals surface area (Å²) in [6, 6.07) is 6.93. The maximum absolute atomic E-state index is 3.59. The number of likely N-dealkylation sites (N-methyl/N-ethyl adjacent to an activating group) is 1. The van der Waals surface area contributed by atoms with E-state index in [1.165, 1.54) is 68.7 Å². The molecule has 20 heavy (non-hydrogen) atoms. The second-order valence-corrected chi connectivity index (χ2v) is 6.21. The van der Waals surface area contributed by atoms with Crippen LogP contribution in [0.3, 0.4) is 0 Å². The number of nitrogens with one attached hydrogen (secondary N) is 1. The Kier molecular flexibility index (Phi) is 4.58. The summed E-state index contributed by atoms with van der Waals surface area (Å²) >= 11 is 0. The van der Waals surface area contributed by atoms with Crippen LogP contribution in [0.2, 0.25) is 0 Å². The number of fused-ring (bicyclic) bond motifs is 1. The van der Waals surface area contributed by atoms with Gasteiger partial charge in [-0.1, -0.05) is 12.1 Å². The third kappa shape index (κ3) is 3.33. The maximum Gasteiger partial charge on any atom is 0.0397 e. The highest BCUT2D eigenvalue weighted by Gasteiger charge is 2.15. The van der Waals surface area contributed by atoms with Crippen molar-refractivity contribution in [1.82, 2.24) is 10.2 Å². The van der Waals surface area contributed by atoms with Gasteiger partial charge in [-0.05, 0) is 69.1 Å². The SMILES string of the molecule is CN1CCc2cc(CNCCCN3CCCC3)ccc21. The van der Waals surface area contributed by atoms with Gasteiger partial charge in [-0.3, -0.25) is 0 Å². The number of hydrogen-bond acceptors (Lipinski definition) is 3. The van der Waals surface area contributed by atoms with E-state index in [-0.39, 0.29) is 0 Å². The number of anilines is 1. The highest BCUT2D eigenvalue weighted by Crippen LogP contribution is 2.27. The lowest BCUT2D eigenvalue weighted by molar-refractivity contribution is 0.331. The fraction of sp³-hybridized carbons (Fsp3) is 0.647. The van der Waals surface area contributed by atoms with Crippen LogP contribution in [0.15, 0.2) is 18.2 Å². The third-order valence-corrected chi connectivity index (χ3v) is 4.63. The Labute approximate surface area is 123 Å². The first kappa shape index (κ1) is 13.9. The molecule has 1 aromatic carbocycles. The molecule has 3 rings (SSSR count). The van der Waals surface area contributed by atoms with Crippen LogP contribution in [0.4, 0.5) is 5.69 Å². The second kappa shape index (κ2) is 6.59. The quantitative estimate of drug-likeness (QED) is 0.802. The van der Waals surface area contributed by atoms with Crippen LogP contribution in [0, 0.1) is 0 Å². The molecule has 0 atom stereocenters. The molecule has 1 saturated heterocycles. The Morgan fingerprint density at radius 2 is 2.00 bits per heavy atom. The van der Waals surface area contributed by atoms with Gasteiger partial charge in [0.2, 0.25) is 0 Å². The predicted octanol–water partition coefficient (Wildman–Crippen LogP) is 2.25. The molecule has 2 heterocycles. The molecule has 110 valence electrons. The molecule has 0 bridgehead atoms. The third-order valence-electron chi connectivity index (χ3n) is 4.63. The molecule has 0 amide bonds. The summed E-state index contributed by atoms with van der Waals surface area (Å²) in [6.45, 7) is 7.21. The van der Waals surface area contributed by atoms with Crippen LogP contribution in [-0.2, 0) is 13.0 Å². The van der Waals surface area contributed by atoms with Crippen molar-refractivity contribution >= 4 is 5.69 Å². The Morgan fingerprint density at radius 3 is 2.85 bits per heavy atom. The molecule has 1 aromatic rings. The summed E-state index contributed by atoms with van der Waals surface area (Å²) in [5, 5.41) is 3.59. The van der Waals surface area contributed by atoms with Gasteiger partial charge in [-0.2, -0.15) is 0 Å². The highest BCUT2D eigenvalue weighted by atomic mass is 15.1. The predicted molar refractivity (Wildman–Crippen MR) is 85.4 cm³/mol. The lowest BCUT2D eigenvalue weighted by atomic mass is 10.1. The van der Waals surface area contributed by atoms with Crippen molar-refractivity contribution in [2.75, 3.05) is 44.7 Å². The normalized spacial score (nSPS) is 18.8. The van der Waals surface area contributed by atoms with Crippen molar-refractivity contribution in [1.29, 1.82) is 0 Å². The summed E-state index contributed by atoms with van der Waals surface area (Å²) in [7, 11) is 2.18. The molecule has 0 aromatic heterocycles. The van der Waals surface area contributed by atoms with E-state index in [1.807, 2.05) is 0 Å². The zero-order valence-electron chi connectivity index (χ0n) is 12.7. The summed E-state index contributed by atoms with van der Waals surface area (Å²) in [5.74, 6) is 0. The number of nitrogens with zero attached hydrogens (tertiary/aromatic N) is 2. The number of rotatable bonds is 6. The molecule has 0 spiro atoms. The summed E-state index contributed by atoms with van der Waals surface area (Å²) in [5.41, 5.74) is 4.37. The van der Waals surface area contributed by atoms with Gasteiger partial charge in [0, 0.05) is 25.8 Å². The molecular weight excluding hydrogens is 246 g/mol. The van der Waals surface area contributed by atoms with E-state index in [2.05, 4.69) is 40.4 Å². The average Bonchev–Trinajstić information content (AvgIpc) is 3.09. The highest BCUT2D eigenvalue weighted by molar-refractivity contribution is 5.58. The fourth-order valence-electron chi connectivity index (χ4n) is 3.40. The standard InChI is InChI=1S/C17H27N3/c1-19-12-7-16-13-15(5-6-17(16)19)14-18-8-4-11-20-9-2-3-10-20/h5-6,13,18H,2-4,7-12,14H2,1H3. The van der Waals surface area contributed by atoms with Gasteiger partial charge in [-0.25, -0.2) is 0 Å². The molecule has 0 radical (unpaired) electrons. The van der Waals surface area contributed by atoms with Gasteiger partial charge in [-0.15, -0.1) is 0 Å². The molecule has 2 aliphatic heterocycles. The monoisotopic (exact) mass is 273 g/mol. The molecule has 1 N–H and O–H groups in total. The zero-order valence-corrected chi connectivity index (χ0v) is 12.7. The largest absolute Gasteiger partial charge is 0.374 e. The Hall–Kier alpha value is -1.06. The maximum atomic E-state index is 3.59. The first-order valence-electron chi connectivity index (χ1n) is 8.09. The van der Waals surface area contributed by atoms with Gasteiger partial charge < -0.3 is 15.1 Å². The molecule has 0 aliphatic carbocycles. The molecular formula is C17H27N3. The van der Waals surface area contributed by atoms with Crippen LogP contribution in [0.25, 0.3) is 0 Å². The van der Waals surface area contributed by atoms with Crippen molar-refractivity contribution in [2.45, 2.75) is 32.2 Å². The lowest BCUT2D eigenvalue weighted by Crippen LogP contribution is -2.24. The molecule has 1 fully saturated rings. The van der Waals surface area contributed by atoms with Gasteiger partial charge >= 0.3 is 0 Å². The van der Waals surface area contributed by atoms with E-state index >= 15 is 0 Å². The molecule has 3 heteroatoms. The lowest BCUT2D eigenvalue weighted by Gasteiger charge is -2.15. The minimum absolute atomic E-state index is 1.01. The van der Waals surface area contributed by atoms with Crippen molar-refractivity contribution in [3.05, 3.63) is 29.3 Å². The van der Waals surface area contributed by atoms with Crippen LogP contribution in [0.5, 0.6) is 0 Å². The van der Waals surface area contributed by atoms with Crippen molar-refractivity contribution in [3.63, 3.8) is 0 Å². The van der Waals surface area contributed by atoms with Crippen molar-refractivity contribution in [3.8, 4) is 0 Å². The minimum atomic E-state index is 1.01. The molecule has 0 unspecified atom stereocenters. The van der Waals surface area contributed by atoms with Gasteiger partial charge in [0.1, 0.15) is 0 Å². The molecule has 0 saturated carbocycles. The zero-order chi connectivity index (χ0) is 13.8. The van der Waals surface area contributed by atoms with Crippen LogP contribution in [-0.4, -0.2) is 44.7 Å². The Bertz CT molecular complexity index is 438. The smallest absolute Gasteiger partial charge is 0.0397 e. The van der Waals surface area contributed by atoms with E-state index in [4.69, 9.17) is 0 Å². The topological polar surface area (TPSA) is 18.5 Å². The van der Waals surface area contributed by atoms with E-state index in [1.54, 1.807) is 0 Å². The van der Waals surface area contributed by atoms with Crippen LogP contribution >= 0.6 is 0 Å². The van der Waals surface area contributed by atoms with E-state index in [0.29, 0.717) is 0 Å². The number of likely N-dealkylation sites (tertiary alicyclic amines) is 1. The van der Waals surface area contributed by atoms with Gasteiger partial charge in [0.25, 0.3) is 0 Å². The van der Waals surface area contributed by atoms with Gasteiger partial charge in [0.05, 0.1) is 0 Å². The summed E-state index contributed by atoms with van der Waals surface area (Å²) in [6.07, 6.45) is 5.27. The molecule has 2 aliphatic rings. The van der Waals surface area contributed by atoms with Crippen molar-refractivity contribution in [2.24, 2.45) is 0 Å². The van der Waals surface area contributed by atoms with Crippen LogP contribution in [0.1, 0.15) is 30.4 Å². The van der Waals surface area contributed by atoms with Crippen LogP contribution < -0.4 is 10.2 Å². The van der Waals surface area contributed by atoms with Crippen molar-refractivity contribution < 1.29 is 0 Å². The number of benzene rings is 1. The number of hydrogen-bond donors (Lipinski definition) is 1. The first-order valence-corrected chi connectivity index (χ1v) is 8.09. The van der Waals surface area contributed by atoms with E-state index in [9.17, 15) is 0 Å². The Balaban J connectivity index is 1.38. The molecule has 3 nitrogen and oxygen atoms in total. The van der Waals surface area contributed by atoms with E-state index in [0.717, 1.165) is 13.1 Å². The first-order chi connectivity index (χ1) is 9.83. The summed E-state index contributed by atoms with van der Waals surface area (Å²) in [4.78, 5) is 4.94. The van der Waals surface area contributed by atoms with E-state index < -0.39 is 0 Å². The minimum Gasteiger partial charge on any atom is -0.374 e. The Morgan fingerprint density at radius 1 is 1.15 bits per heavy atom. The average molecular weight is 273 g/mol. The fourth-order valence-corrected chi connectivity index (χ4v) is 3.40. The van der Waals surface area contributed by atoms with Gasteiger partial charge in [0.15, 0.2) is 0 Å². The second-order valence-electron chi connectivity index (χ2n) is 6.21.